The molecule has 2 amide bonds. The number of piperazine rings is 1. The van der Waals surface area contributed by atoms with Crippen molar-refractivity contribution in [3.63, 3.8) is 0 Å². The van der Waals surface area contributed by atoms with E-state index in [4.69, 9.17) is 0 Å². The summed E-state index contributed by atoms with van der Waals surface area (Å²) in [6, 6.07) is 2.92. The Morgan fingerprint density at radius 1 is 1.23 bits per heavy atom. The fourth-order valence-electron chi connectivity index (χ4n) is 3.81. The topological polar surface area (TPSA) is 64.6 Å². The van der Waals surface area contributed by atoms with Crippen LogP contribution in [0.3, 0.4) is 0 Å². The molecule has 0 radical (unpaired) electrons. The lowest BCUT2D eigenvalue weighted by Crippen LogP contribution is -2.55. The molecule has 7 nitrogen and oxygen atoms in total. The number of hydrogen-bond donors (Lipinski definition) is 1. The highest BCUT2D eigenvalue weighted by atomic mass is 32.1. The molecular weight excluding hydrogens is 348 g/mol. The number of carbonyl (C=O) groups is 1. The van der Waals surface area contributed by atoms with Crippen LogP contribution in [0.1, 0.15) is 19.8 Å². The van der Waals surface area contributed by atoms with Crippen molar-refractivity contribution in [1.82, 2.24) is 25.1 Å². The first-order chi connectivity index (χ1) is 12.6. The van der Waals surface area contributed by atoms with Gasteiger partial charge in [-0.05, 0) is 38.3 Å². The van der Waals surface area contributed by atoms with Crippen molar-refractivity contribution in [2.45, 2.75) is 31.8 Å². The highest BCUT2D eigenvalue weighted by Gasteiger charge is 2.28. The Balaban J connectivity index is 1.33. The summed E-state index contributed by atoms with van der Waals surface area (Å²) in [7, 11) is 2.15. The number of hydrogen-bond acceptors (Lipinski definition) is 6. The first kappa shape index (κ1) is 17.5. The first-order valence-corrected chi connectivity index (χ1v) is 10.2. The number of fused-ring (bicyclic) bond motifs is 1. The molecule has 26 heavy (non-hydrogen) atoms. The summed E-state index contributed by atoms with van der Waals surface area (Å²) in [4.78, 5) is 28.0. The maximum absolute atomic E-state index is 12.6. The molecule has 2 atom stereocenters. The fraction of sp³-hybridized carbons (Fsp3) is 0.611. The van der Waals surface area contributed by atoms with Crippen LogP contribution in [0, 0.1) is 0 Å². The zero-order valence-electron chi connectivity index (χ0n) is 15.4. The highest BCUT2D eigenvalue weighted by molar-refractivity contribution is 7.17. The number of nitrogens with zero attached hydrogens (tertiary/aromatic N) is 5. The highest BCUT2D eigenvalue weighted by Crippen LogP contribution is 2.28. The summed E-state index contributed by atoms with van der Waals surface area (Å²) >= 11 is 1.67. The second-order valence-electron chi connectivity index (χ2n) is 7.31. The second kappa shape index (κ2) is 7.36. The molecule has 0 spiro atoms. The monoisotopic (exact) mass is 374 g/mol. The summed E-state index contributed by atoms with van der Waals surface area (Å²) < 4.78 is 1.13. The summed E-state index contributed by atoms with van der Waals surface area (Å²) in [6.45, 7) is 6.34. The number of carbonyl (C=O) groups excluding carboxylic acids is 1. The Morgan fingerprint density at radius 3 is 2.81 bits per heavy atom. The van der Waals surface area contributed by atoms with Crippen molar-refractivity contribution < 1.29 is 4.79 Å². The van der Waals surface area contributed by atoms with Crippen molar-refractivity contribution in [3.8, 4) is 0 Å². The van der Waals surface area contributed by atoms with Gasteiger partial charge in [0.25, 0.3) is 0 Å². The Kier molecular flexibility index (Phi) is 4.95. The number of amides is 2. The SMILES string of the molecule is CC1CC(NC(=O)N2CCN(c3ncnc4ccsc34)CC2)CCN1C. The number of piperidine rings is 1. The van der Waals surface area contributed by atoms with Gasteiger partial charge >= 0.3 is 6.03 Å². The maximum atomic E-state index is 12.6. The second-order valence-corrected chi connectivity index (χ2v) is 8.22. The van der Waals surface area contributed by atoms with Crippen LogP contribution in [0.5, 0.6) is 0 Å². The number of rotatable bonds is 2. The molecule has 0 saturated carbocycles. The zero-order valence-corrected chi connectivity index (χ0v) is 16.2. The number of urea groups is 1. The minimum Gasteiger partial charge on any atom is -0.352 e. The van der Waals surface area contributed by atoms with Crippen molar-refractivity contribution in [2.24, 2.45) is 0 Å². The van der Waals surface area contributed by atoms with E-state index in [9.17, 15) is 4.79 Å². The predicted octanol–water partition coefficient (Wildman–Crippen LogP) is 2.01. The van der Waals surface area contributed by atoms with E-state index in [0.29, 0.717) is 12.1 Å². The van der Waals surface area contributed by atoms with Gasteiger partial charge in [-0.15, -0.1) is 11.3 Å². The molecule has 4 heterocycles. The largest absolute Gasteiger partial charge is 0.352 e. The summed E-state index contributed by atoms with van der Waals surface area (Å²) in [6.07, 6.45) is 3.69. The van der Waals surface area contributed by atoms with Crippen LogP contribution in [-0.2, 0) is 0 Å². The third-order valence-electron chi connectivity index (χ3n) is 5.63. The minimum atomic E-state index is 0.0790. The van der Waals surface area contributed by atoms with Gasteiger partial charge in [0, 0.05) is 44.8 Å². The summed E-state index contributed by atoms with van der Waals surface area (Å²) in [5, 5.41) is 5.29. The number of thiophene rings is 1. The van der Waals surface area contributed by atoms with Crippen LogP contribution >= 0.6 is 11.3 Å². The lowest BCUT2D eigenvalue weighted by Gasteiger charge is -2.38. The van der Waals surface area contributed by atoms with Gasteiger partial charge < -0.3 is 20.0 Å². The average molecular weight is 375 g/mol. The van der Waals surface area contributed by atoms with Crippen molar-refractivity contribution >= 4 is 33.4 Å². The van der Waals surface area contributed by atoms with Crippen molar-refractivity contribution in [3.05, 3.63) is 17.8 Å². The Hall–Kier alpha value is -1.93. The third kappa shape index (κ3) is 3.48. The van der Waals surface area contributed by atoms with Gasteiger partial charge in [-0.25, -0.2) is 14.8 Å². The molecule has 140 valence electrons. The summed E-state index contributed by atoms with van der Waals surface area (Å²) in [5.74, 6) is 0.995. The number of nitrogens with one attached hydrogen (secondary N) is 1. The van der Waals surface area contributed by atoms with Crippen LogP contribution in [-0.4, -0.2) is 77.7 Å². The minimum absolute atomic E-state index is 0.0790. The van der Waals surface area contributed by atoms with Crippen LogP contribution < -0.4 is 10.2 Å². The van der Waals surface area contributed by atoms with Crippen LogP contribution in [0.15, 0.2) is 17.8 Å². The lowest BCUT2D eigenvalue weighted by atomic mass is 9.99. The predicted molar refractivity (Wildman–Crippen MR) is 105 cm³/mol. The molecule has 1 N–H and O–H groups in total. The Morgan fingerprint density at radius 2 is 2.04 bits per heavy atom. The molecule has 2 aromatic heterocycles. The van der Waals surface area contributed by atoms with E-state index in [1.54, 1.807) is 17.7 Å². The van der Waals surface area contributed by atoms with Crippen LogP contribution in [0.2, 0.25) is 0 Å². The molecule has 4 rings (SSSR count). The van der Waals surface area contributed by atoms with E-state index in [-0.39, 0.29) is 6.03 Å². The van der Waals surface area contributed by atoms with E-state index < -0.39 is 0 Å². The van der Waals surface area contributed by atoms with E-state index in [1.165, 1.54) is 0 Å². The lowest BCUT2D eigenvalue weighted by molar-refractivity contribution is 0.154. The maximum Gasteiger partial charge on any atom is 0.317 e. The Bertz CT molecular complexity index is 772. The molecule has 2 aliphatic heterocycles. The van der Waals surface area contributed by atoms with Crippen molar-refractivity contribution in [2.75, 3.05) is 44.7 Å². The summed E-state index contributed by atoms with van der Waals surface area (Å²) in [5.41, 5.74) is 0.997. The molecule has 2 aromatic rings. The number of anilines is 1. The van der Waals surface area contributed by atoms with Gasteiger partial charge in [0.05, 0.1) is 10.2 Å². The standard InChI is InChI=1S/C18H26N6OS/c1-13-11-14(3-5-22(13)2)21-18(25)24-8-6-23(7-9-24)17-16-15(4-10-26-16)19-12-20-17/h4,10,12-14H,3,5-9,11H2,1-2H3,(H,21,25). The fourth-order valence-corrected chi connectivity index (χ4v) is 4.67. The normalized spacial score (nSPS) is 24.8. The molecule has 2 aliphatic rings. The molecule has 0 aliphatic carbocycles. The molecular formula is C18H26N6OS. The van der Waals surface area contributed by atoms with Gasteiger partial charge in [-0.2, -0.15) is 0 Å². The quantitative estimate of drug-likeness (QED) is 0.871. The molecule has 0 aromatic carbocycles. The molecule has 8 heteroatoms. The van der Waals surface area contributed by atoms with Gasteiger partial charge in [-0.3, -0.25) is 0 Å². The molecule has 2 fully saturated rings. The average Bonchev–Trinajstić information content (AvgIpc) is 3.14. The third-order valence-corrected chi connectivity index (χ3v) is 6.53. The number of aromatic nitrogens is 2. The first-order valence-electron chi connectivity index (χ1n) is 9.30. The van der Waals surface area contributed by atoms with Gasteiger partial charge in [0.2, 0.25) is 0 Å². The van der Waals surface area contributed by atoms with Gasteiger partial charge in [-0.1, -0.05) is 0 Å². The van der Waals surface area contributed by atoms with Gasteiger partial charge in [0.1, 0.15) is 12.1 Å². The van der Waals surface area contributed by atoms with E-state index in [1.807, 2.05) is 11.0 Å². The Labute approximate surface area is 158 Å². The number of likely N-dealkylation sites (tertiary alicyclic amines) is 1. The zero-order chi connectivity index (χ0) is 18.1. The van der Waals surface area contributed by atoms with E-state index in [0.717, 1.165) is 61.6 Å². The van der Waals surface area contributed by atoms with Crippen LogP contribution in [0.4, 0.5) is 10.6 Å². The van der Waals surface area contributed by atoms with Crippen LogP contribution in [0.25, 0.3) is 10.2 Å². The van der Waals surface area contributed by atoms with Crippen molar-refractivity contribution in [1.29, 1.82) is 0 Å². The van der Waals surface area contributed by atoms with E-state index >= 15 is 0 Å². The molecule has 2 saturated heterocycles. The molecule has 0 bridgehead atoms. The smallest absolute Gasteiger partial charge is 0.317 e. The van der Waals surface area contributed by atoms with E-state index in [2.05, 4.69) is 44.4 Å². The molecule has 2 unspecified atom stereocenters. The van der Waals surface area contributed by atoms with Gasteiger partial charge in [0.15, 0.2) is 0 Å².